The minimum atomic E-state index is -3.50. The van der Waals surface area contributed by atoms with Crippen molar-refractivity contribution in [2.24, 2.45) is 5.73 Å². The maximum atomic E-state index is 12.9. The molecule has 0 unspecified atom stereocenters. The summed E-state index contributed by atoms with van der Waals surface area (Å²) in [6.45, 7) is 5.53. The second-order valence-corrected chi connectivity index (χ2v) is 9.66. The molecule has 0 radical (unpaired) electrons. The number of hydrogen-bond donors (Lipinski definition) is 1. The fourth-order valence-electron chi connectivity index (χ4n) is 3.11. The summed E-state index contributed by atoms with van der Waals surface area (Å²) in [4.78, 5) is 16.2. The molecule has 1 aliphatic heterocycles. The zero-order valence-corrected chi connectivity index (χ0v) is 16.6. The van der Waals surface area contributed by atoms with Crippen LogP contribution >= 0.6 is 11.8 Å². The van der Waals surface area contributed by atoms with Crippen LogP contribution in [0.3, 0.4) is 0 Å². The zero-order chi connectivity index (χ0) is 18.9. The van der Waals surface area contributed by atoms with E-state index < -0.39 is 21.2 Å². The molecule has 1 fully saturated rings. The van der Waals surface area contributed by atoms with Crippen molar-refractivity contribution in [1.82, 2.24) is 13.9 Å². The van der Waals surface area contributed by atoms with E-state index in [1.165, 1.54) is 11.8 Å². The number of carbonyl (C=O) groups excluding carboxylic acids is 1. The van der Waals surface area contributed by atoms with Crippen molar-refractivity contribution in [2.45, 2.75) is 55.0 Å². The number of aromatic nitrogens is 2. The Kier molecular flexibility index (Phi) is 5.59. The van der Waals surface area contributed by atoms with Gasteiger partial charge in [-0.15, -0.1) is 0 Å². The van der Waals surface area contributed by atoms with Crippen molar-refractivity contribution in [2.75, 3.05) is 13.1 Å². The SMILES string of the molecule is CCn1c(S[C@@H](C)C(N)=O)nc2cc(S(=O)(=O)N3CCCCC3)ccc21. The Labute approximate surface area is 158 Å². The van der Waals surface area contributed by atoms with Crippen molar-refractivity contribution in [3.63, 3.8) is 0 Å². The molecule has 0 saturated carbocycles. The number of nitrogens with two attached hydrogens (primary N) is 1. The lowest BCUT2D eigenvalue weighted by molar-refractivity contribution is -0.117. The summed E-state index contributed by atoms with van der Waals surface area (Å²) < 4.78 is 29.3. The molecule has 2 heterocycles. The number of imidazole rings is 1. The highest BCUT2D eigenvalue weighted by molar-refractivity contribution is 8.00. The summed E-state index contributed by atoms with van der Waals surface area (Å²) in [5, 5.41) is 0.259. The van der Waals surface area contributed by atoms with Gasteiger partial charge >= 0.3 is 0 Å². The van der Waals surface area contributed by atoms with Crippen molar-refractivity contribution in [3.8, 4) is 0 Å². The molecule has 0 aliphatic carbocycles. The minimum absolute atomic E-state index is 0.271. The number of fused-ring (bicyclic) bond motifs is 1. The molecule has 1 saturated heterocycles. The summed E-state index contributed by atoms with van der Waals surface area (Å²) in [7, 11) is -3.50. The van der Waals surface area contributed by atoms with Gasteiger partial charge in [0, 0.05) is 19.6 Å². The van der Waals surface area contributed by atoms with E-state index in [1.807, 2.05) is 11.5 Å². The molecule has 7 nitrogen and oxygen atoms in total. The molecule has 3 rings (SSSR count). The lowest BCUT2D eigenvalue weighted by Gasteiger charge is -2.25. The van der Waals surface area contributed by atoms with Crippen LogP contribution in [0.4, 0.5) is 0 Å². The minimum Gasteiger partial charge on any atom is -0.369 e. The van der Waals surface area contributed by atoms with Crippen molar-refractivity contribution in [1.29, 1.82) is 0 Å². The predicted octanol–water partition coefficient (Wildman–Crippen LogP) is 2.20. The lowest BCUT2D eigenvalue weighted by atomic mass is 10.2. The van der Waals surface area contributed by atoms with Crippen LogP contribution in [0.5, 0.6) is 0 Å². The molecule has 26 heavy (non-hydrogen) atoms. The van der Waals surface area contributed by atoms with Gasteiger partial charge in [-0.25, -0.2) is 13.4 Å². The number of amides is 1. The first-order chi connectivity index (χ1) is 12.3. The number of thioether (sulfide) groups is 1. The Morgan fingerprint density at radius 1 is 1.31 bits per heavy atom. The molecule has 2 aromatic rings. The number of sulfonamides is 1. The normalized spacial score (nSPS) is 17.5. The third-order valence-electron chi connectivity index (χ3n) is 4.64. The Bertz CT molecular complexity index is 917. The van der Waals surface area contributed by atoms with E-state index >= 15 is 0 Å². The lowest BCUT2D eigenvalue weighted by Crippen LogP contribution is -2.35. The van der Waals surface area contributed by atoms with Crippen molar-refractivity contribution in [3.05, 3.63) is 18.2 Å². The van der Waals surface area contributed by atoms with Gasteiger partial charge in [0.25, 0.3) is 0 Å². The molecule has 0 bridgehead atoms. The maximum absolute atomic E-state index is 12.9. The largest absolute Gasteiger partial charge is 0.369 e. The number of benzene rings is 1. The summed E-state index contributed by atoms with van der Waals surface area (Å²) in [5.41, 5.74) is 6.82. The number of primary amides is 1. The molecular formula is C17H24N4O3S2. The van der Waals surface area contributed by atoms with E-state index in [9.17, 15) is 13.2 Å². The first kappa shape index (κ1) is 19.2. The smallest absolute Gasteiger partial charge is 0.243 e. The van der Waals surface area contributed by atoms with Crippen LogP contribution in [0.2, 0.25) is 0 Å². The molecular weight excluding hydrogens is 372 g/mol. The highest BCUT2D eigenvalue weighted by Crippen LogP contribution is 2.29. The Balaban J connectivity index is 1.99. The number of hydrogen-bond acceptors (Lipinski definition) is 5. The van der Waals surface area contributed by atoms with Crippen LogP contribution in [0, 0.1) is 0 Å². The van der Waals surface area contributed by atoms with Gasteiger partial charge in [0.1, 0.15) is 0 Å². The summed E-state index contributed by atoms with van der Waals surface area (Å²) in [6.07, 6.45) is 2.88. The summed E-state index contributed by atoms with van der Waals surface area (Å²) >= 11 is 1.29. The van der Waals surface area contributed by atoms with Crippen LogP contribution in [-0.2, 0) is 21.4 Å². The second kappa shape index (κ2) is 7.58. The van der Waals surface area contributed by atoms with Crippen LogP contribution in [0.15, 0.2) is 28.3 Å². The van der Waals surface area contributed by atoms with E-state index in [4.69, 9.17) is 5.73 Å². The van der Waals surface area contributed by atoms with E-state index in [0.29, 0.717) is 30.3 Å². The highest BCUT2D eigenvalue weighted by Gasteiger charge is 2.27. The number of rotatable bonds is 6. The average Bonchev–Trinajstić information content (AvgIpc) is 2.98. The third-order valence-corrected chi connectivity index (χ3v) is 7.64. The molecule has 1 aromatic heterocycles. The van der Waals surface area contributed by atoms with Gasteiger partial charge < -0.3 is 10.3 Å². The number of aryl methyl sites for hydroxylation is 1. The van der Waals surface area contributed by atoms with Crippen LogP contribution in [0.1, 0.15) is 33.1 Å². The standard InChI is InChI=1S/C17H24N4O3S2/c1-3-21-15-8-7-13(26(23,24)20-9-5-4-6-10-20)11-14(15)19-17(21)25-12(2)16(18)22/h7-8,11-12H,3-6,9-10H2,1-2H3,(H2,18,22)/t12-/m0/s1. The van der Waals surface area contributed by atoms with E-state index in [0.717, 1.165) is 24.8 Å². The quantitative estimate of drug-likeness (QED) is 0.755. The van der Waals surface area contributed by atoms with Crippen LogP contribution < -0.4 is 5.73 Å². The van der Waals surface area contributed by atoms with Crippen molar-refractivity contribution < 1.29 is 13.2 Å². The van der Waals surface area contributed by atoms with E-state index in [1.54, 1.807) is 29.4 Å². The molecule has 1 atom stereocenters. The topological polar surface area (TPSA) is 98.3 Å². The predicted molar refractivity (Wildman–Crippen MR) is 103 cm³/mol. The van der Waals surface area contributed by atoms with Gasteiger partial charge in [-0.3, -0.25) is 4.79 Å². The van der Waals surface area contributed by atoms with Crippen LogP contribution in [-0.4, -0.2) is 46.5 Å². The molecule has 1 aliphatic rings. The van der Waals surface area contributed by atoms with Gasteiger partial charge in [-0.2, -0.15) is 4.31 Å². The Morgan fingerprint density at radius 3 is 2.62 bits per heavy atom. The van der Waals surface area contributed by atoms with Gasteiger partial charge in [-0.05, 0) is 44.9 Å². The fourth-order valence-corrected chi connectivity index (χ4v) is 5.59. The highest BCUT2D eigenvalue weighted by atomic mass is 32.2. The van der Waals surface area contributed by atoms with E-state index in [-0.39, 0.29) is 4.90 Å². The Hall–Kier alpha value is -1.58. The van der Waals surface area contributed by atoms with Gasteiger partial charge in [0.05, 0.1) is 21.2 Å². The average molecular weight is 397 g/mol. The first-order valence-electron chi connectivity index (χ1n) is 8.81. The van der Waals surface area contributed by atoms with Gasteiger partial charge in [0.15, 0.2) is 5.16 Å². The first-order valence-corrected chi connectivity index (χ1v) is 11.1. The molecule has 1 aromatic carbocycles. The van der Waals surface area contributed by atoms with Gasteiger partial charge in [-0.1, -0.05) is 18.2 Å². The second-order valence-electron chi connectivity index (χ2n) is 6.42. The number of carbonyl (C=O) groups is 1. The monoisotopic (exact) mass is 396 g/mol. The molecule has 0 spiro atoms. The zero-order valence-electron chi connectivity index (χ0n) is 15.0. The number of piperidine rings is 1. The van der Waals surface area contributed by atoms with Crippen LogP contribution in [0.25, 0.3) is 11.0 Å². The van der Waals surface area contributed by atoms with E-state index in [2.05, 4.69) is 4.98 Å². The fraction of sp³-hybridized carbons (Fsp3) is 0.529. The number of nitrogens with zero attached hydrogens (tertiary/aromatic N) is 3. The maximum Gasteiger partial charge on any atom is 0.243 e. The molecule has 2 N–H and O–H groups in total. The molecule has 142 valence electrons. The Morgan fingerprint density at radius 2 is 2.00 bits per heavy atom. The van der Waals surface area contributed by atoms with Gasteiger partial charge in [0.2, 0.25) is 15.9 Å². The third kappa shape index (κ3) is 3.60. The van der Waals surface area contributed by atoms with Crippen molar-refractivity contribution >= 4 is 38.7 Å². The molecule has 9 heteroatoms. The summed E-state index contributed by atoms with van der Waals surface area (Å²) in [5.74, 6) is -0.405. The molecule has 1 amide bonds. The summed E-state index contributed by atoms with van der Waals surface area (Å²) in [6, 6.07) is 5.07.